The second-order valence-electron chi connectivity index (χ2n) is 6.25. The van der Waals surface area contributed by atoms with E-state index in [0.29, 0.717) is 30.5 Å². The number of nitrogens with one attached hydrogen (secondary N) is 1. The Morgan fingerprint density at radius 1 is 1.32 bits per heavy atom. The molecule has 1 aliphatic heterocycles. The second kappa shape index (κ2) is 7.63. The number of amides is 2. The first-order valence-electron chi connectivity index (χ1n) is 7.80. The summed E-state index contributed by atoms with van der Waals surface area (Å²) in [5.74, 6) is 0.542. The Kier molecular flexibility index (Phi) is 5.83. The van der Waals surface area contributed by atoms with Crippen molar-refractivity contribution in [2.24, 2.45) is 11.8 Å². The van der Waals surface area contributed by atoms with Crippen molar-refractivity contribution in [1.82, 2.24) is 4.90 Å². The fourth-order valence-corrected chi connectivity index (χ4v) is 2.87. The van der Waals surface area contributed by atoms with E-state index in [2.05, 4.69) is 5.32 Å². The molecule has 0 spiro atoms. The number of hydrogen-bond acceptors (Lipinski definition) is 2. The molecule has 2 rings (SSSR count). The summed E-state index contributed by atoms with van der Waals surface area (Å²) in [7, 11) is 0. The van der Waals surface area contributed by atoms with Crippen molar-refractivity contribution in [1.29, 1.82) is 0 Å². The zero-order chi connectivity index (χ0) is 16.1. The van der Waals surface area contributed by atoms with Crippen LogP contribution < -0.4 is 5.32 Å². The Hall–Kier alpha value is -1.55. The van der Waals surface area contributed by atoms with Crippen LogP contribution in [0.5, 0.6) is 0 Å². The van der Waals surface area contributed by atoms with Crippen LogP contribution in [0.4, 0.5) is 5.69 Å². The van der Waals surface area contributed by atoms with Crippen molar-refractivity contribution in [3.8, 4) is 0 Å². The van der Waals surface area contributed by atoms with Crippen molar-refractivity contribution < 1.29 is 9.59 Å². The Balaban J connectivity index is 1.83. The van der Waals surface area contributed by atoms with Crippen LogP contribution in [0.15, 0.2) is 24.3 Å². The number of carbonyl (C=O) groups excluding carboxylic acids is 2. The highest BCUT2D eigenvalue weighted by Gasteiger charge is 2.27. The van der Waals surface area contributed by atoms with Crippen LogP contribution in [-0.4, -0.2) is 29.8 Å². The number of anilines is 1. The molecule has 1 fully saturated rings. The first-order chi connectivity index (χ1) is 10.5. The van der Waals surface area contributed by atoms with Gasteiger partial charge in [-0.2, -0.15) is 0 Å². The summed E-state index contributed by atoms with van der Waals surface area (Å²) in [5, 5.41) is 3.51. The molecule has 1 saturated heterocycles. The number of nitrogens with zero attached hydrogens (tertiary/aromatic N) is 1. The summed E-state index contributed by atoms with van der Waals surface area (Å²) in [6.07, 6.45) is 2.02. The molecule has 0 bridgehead atoms. The van der Waals surface area contributed by atoms with E-state index in [1.807, 2.05) is 30.9 Å². The van der Waals surface area contributed by atoms with Crippen LogP contribution in [0.25, 0.3) is 0 Å². The van der Waals surface area contributed by atoms with E-state index in [-0.39, 0.29) is 17.7 Å². The molecule has 0 unspecified atom stereocenters. The summed E-state index contributed by atoms with van der Waals surface area (Å²) in [6.45, 7) is 5.42. The smallest absolute Gasteiger partial charge is 0.227 e. The van der Waals surface area contributed by atoms with Gasteiger partial charge in [0.2, 0.25) is 11.8 Å². The molecule has 0 saturated carbocycles. The average Bonchev–Trinajstić information content (AvgIpc) is 2.46. The normalized spacial score (nSPS) is 15.9. The van der Waals surface area contributed by atoms with E-state index in [1.165, 1.54) is 0 Å². The van der Waals surface area contributed by atoms with E-state index in [0.717, 1.165) is 18.5 Å². The number of hydrogen-bond donors (Lipinski definition) is 1. The van der Waals surface area contributed by atoms with E-state index in [1.54, 1.807) is 12.1 Å². The first kappa shape index (κ1) is 16.8. The zero-order valence-corrected chi connectivity index (χ0v) is 13.9. The SMILES string of the molecule is CC(C)CC(=O)N1CCC(C(=O)Nc2cccc(Cl)c2)CC1. The highest BCUT2D eigenvalue weighted by atomic mass is 35.5. The van der Waals surface area contributed by atoms with Gasteiger partial charge in [0.1, 0.15) is 0 Å². The highest BCUT2D eigenvalue weighted by Crippen LogP contribution is 2.22. The summed E-state index contributed by atoms with van der Waals surface area (Å²) in [6, 6.07) is 7.15. The second-order valence-corrected chi connectivity index (χ2v) is 6.69. The number of carbonyl (C=O) groups is 2. The van der Waals surface area contributed by atoms with Crippen LogP contribution in [-0.2, 0) is 9.59 Å². The standard InChI is InChI=1S/C17H23ClN2O2/c1-12(2)10-16(21)20-8-6-13(7-9-20)17(22)19-15-5-3-4-14(18)11-15/h3-5,11-13H,6-10H2,1-2H3,(H,19,22). The molecule has 0 radical (unpaired) electrons. The molecule has 0 aromatic heterocycles. The topological polar surface area (TPSA) is 49.4 Å². The molecule has 5 heteroatoms. The van der Waals surface area contributed by atoms with Crippen LogP contribution in [0.2, 0.25) is 5.02 Å². The predicted octanol–water partition coefficient (Wildman–Crippen LogP) is 3.56. The van der Waals surface area contributed by atoms with Crippen molar-refractivity contribution in [3.05, 3.63) is 29.3 Å². The minimum atomic E-state index is -0.0397. The Bertz CT molecular complexity index is 537. The molecule has 2 amide bonds. The van der Waals surface area contributed by atoms with Crippen LogP contribution in [0.3, 0.4) is 0 Å². The molecule has 1 aliphatic rings. The molecule has 1 heterocycles. The zero-order valence-electron chi connectivity index (χ0n) is 13.1. The molecule has 0 aliphatic carbocycles. The van der Waals surface area contributed by atoms with Gasteiger partial charge in [-0.1, -0.05) is 31.5 Å². The Morgan fingerprint density at radius 3 is 2.59 bits per heavy atom. The first-order valence-corrected chi connectivity index (χ1v) is 8.17. The van der Waals surface area contributed by atoms with Crippen LogP contribution in [0.1, 0.15) is 33.1 Å². The van der Waals surface area contributed by atoms with Crippen molar-refractivity contribution in [3.63, 3.8) is 0 Å². The molecular formula is C17H23ClN2O2. The number of rotatable bonds is 4. The lowest BCUT2D eigenvalue weighted by atomic mass is 9.95. The largest absolute Gasteiger partial charge is 0.343 e. The highest BCUT2D eigenvalue weighted by molar-refractivity contribution is 6.30. The summed E-state index contributed by atoms with van der Waals surface area (Å²) >= 11 is 5.91. The lowest BCUT2D eigenvalue weighted by Crippen LogP contribution is -2.41. The number of benzene rings is 1. The number of piperidine rings is 1. The number of halogens is 1. The van der Waals surface area contributed by atoms with Gasteiger partial charge in [0, 0.05) is 36.1 Å². The Labute approximate surface area is 136 Å². The third-order valence-electron chi connectivity index (χ3n) is 3.89. The van der Waals surface area contributed by atoms with Crippen molar-refractivity contribution in [2.75, 3.05) is 18.4 Å². The van der Waals surface area contributed by atoms with Gasteiger partial charge in [-0.3, -0.25) is 9.59 Å². The van der Waals surface area contributed by atoms with E-state index < -0.39 is 0 Å². The monoisotopic (exact) mass is 322 g/mol. The fraction of sp³-hybridized carbons (Fsp3) is 0.529. The fourth-order valence-electron chi connectivity index (χ4n) is 2.68. The minimum absolute atomic E-state index is 0.0122. The van der Waals surface area contributed by atoms with Gasteiger partial charge >= 0.3 is 0 Å². The molecule has 1 N–H and O–H groups in total. The third-order valence-corrected chi connectivity index (χ3v) is 4.13. The summed E-state index contributed by atoms with van der Waals surface area (Å²) in [5.41, 5.74) is 0.718. The van der Waals surface area contributed by atoms with Crippen LogP contribution >= 0.6 is 11.6 Å². The molecule has 120 valence electrons. The van der Waals surface area contributed by atoms with Crippen LogP contribution in [0, 0.1) is 11.8 Å². The van der Waals surface area contributed by atoms with E-state index in [4.69, 9.17) is 11.6 Å². The lowest BCUT2D eigenvalue weighted by molar-refractivity contribution is -0.135. The van der Waals surface area contributed by atoms with Gasteiger partial charge < -0.3 is 10.2 Å². The van der Waals surface area contributed by atoms with E-state index >= 15 is 0 Å². The van der Waals surface area contributed by atoms with Gasteiger partial charge in [0.15, 0.2) is 0 Å². The van der Waals surface area contributed by atoms with Gasteiger partial charge in [-0.05, 0) is 37.0 Å². The molecule has 1 aromatic rings. The molecule has 1 aromatic carbocycles. The molecular weight excluding hydrogens is 300 g/mol. The van der Waals surface area contributed by atoms with Crippen molar-refractivity contribution in [2.45, 2.75) is 33.1 Å². The van der Waals surface area contributed by atoms with Crippen molar-refractivity contribution >= 4 is 29.1 Å². The van der Waals surface area contributed by atoms with Gasteiger partial charge in [0.05, 0.1) is 0 Å². The maximum Gasteiger partial charge on any atom is 0.227 e. The molecule has 22 heavy (non-hydrogen) atoms. The Morgan fingerprint density at radius 2 is 2.00 bits per heavy atom. The predicted molar refractivity (Wildman–Crippen MR) is 88.8 cm³/mol. The minimum Gasteiger partial charge on any atom is -0.343 e. The molecule has 0 atom stereocenters. The van der Waals surface area contributed by atoms with E-state index in [9.17, 15) is 9.59 Å². The lowest BCUT2D eigenvalue weighted by Gasteiger charge is -2.31. The number of likely N-dealkylation sites (tertiary alicyclic amines) is 1. The quantitative estimate of drug-likeness (QED) is 0.921. The maximum atomic E-state index is 12.3. The summed E-state index contributed by atoms with van der Waals surface area (Å²) in [4.78, 5) is 26.2. The van der Waals surface area contributed by atoms with Gasteiger partial charge in [-0.15, -0.1) is 0 Å². The average molecular weight is 323 g/mol. The third kappa shape index (κ3) is 4.73. The summed E-state index contributed by atoms with van der Waals surface area (Å²) < 4.78 is 0. The van der Waals surface area contributed by atoms with Gasteiger partial charge in [0.25, 0.3) is 0 Å². The maximum absolute atomic E-state index is 12.3. The molecule has 4 nitrogen and oxygen atoms in total. The van der Waals surface area contributed by atoms with Gasteiger partial charge in [-0.25, -0.2) is 0 Å².